The molecule has 1 amide bonds. The predicted octanol–water partition coefficient (Wildman–Crippen LogP) is -1.25. The van der Waals surface area contributed by atoms with Crippen LogP contribution in [0.5, 0.6) is 0 Å². The van der Waals surface area contributed by atoms with Crippen LogP contribution in [0.15, 0.2) is 0 Å². The van der Waals surface area contributed by atoms with Gasteiger partial charge in [-0.15, -0.1) is 0 Å². The molecule has 1 fully saturated rings. The number of likely N-dealkylation sites (tertiary alicyclic amines) is 1. The van der Waals surface area contributed by atoms with Crippen molar-refractivity contribution in [3.8, 4) is 0 Å². The highest BCUT2D eigenvalue weighted by Gasteiger charge is 2.29. The largest absolute Gasteiger partial charge is 0.345 e. The average Bonchev–Trinajstić information content (AvgIpc) is 2.07. The van der Waals surface area contributed by atoms with Gasteiger partial charge in [0.15, 0.2) is 0 Å². The van der Waals surface area contributed by atoms with E-state index in [1.807, 2.05) is 0 Å². The summed E-state index contributed by atoms with van der Waals surface area (Å²) in [7, 11) is -1.78. The first-order valence-electron chi connectivity index (χ1n) is 3.63. The van der Waals surface area contributed by atoms with Crippen LogP contribution in [0.4, 0.5) is 0 Å². The molecule has 0 aromatic carbocycles. The van der Waals surface area contributed by atoms with E-state index in [0.29, 0.717) is 13.0 Å². The lowest BCUT2D eigenvalue weighted by Crippen LogP contribution is -2.25. The Morgan fingerprint density at radius 2 is 2.25 bits per heavy atom. The Morgan fingerprint density at radius 1 is 1.67 bits per heavy atom. The third-order valence-corrected chi connectivity index (χ3v) is 2.83. The molecule has 12 heavy (non-hydrogen) atoms. The monoisotopic (exact) mass is 192 g/mol. The smallest absolute Gasteiger partial charge is 0.222 e. The maximum Gasteiger partial charge on any atom is 0.222 e. The van der Waals surface area contributed by atoms with E-state index in [0.717, 1.165) is 0 Å². The maximum absolute atomic E-state index is 11.0. The molecule has 0 saturated carbocycles. The number of hydrogen-bond acceptors (Lipinski definition) is 3. The fourth-order valence-electron chi connectivity index (χ4n) is 1.40. The zero-order valence-corrected chi connectivity index (χ0v) is 7.67. The van der Waals surface area contributed by atoms with Gasteiger partial charge in [0.1, 0.15) is 0 Å². The van der Waals surface area contributed by atoms with Crippen molar-refractivity contribution in [2.24, 2.45) is 11.1 Å². The van der Waals surface area contributed by atoms with Gasteiger partial charge in [0.05, 0.1) is 5.75 Å². The minimum atomic E-state index is -3.43. The SMILES string of the molecule is CN1CC(CS(N)(=O)=O)CC1=O. The molecule has 1 aliphatic rings. The van der Waals surface area contributed by atoms with Crippen molar-refractivity contribution in [2.45, 2.75) is 6.42 Å². The fourth-order valence-corrected chi connectivity index (χ4v) is 2.28. The zero-order valence-electron chi connectivity index (χ0n) is 6.86. The van der Waals surface area contributed by atoms with Crippen molar-refractivity contribution in [1.82, 2.24) is 4.90 Å². The number of hydrogen-bond donors (Lipinski definition) is 1. The van der Waals surface area contributed by atoms with E-state index >= 15 is 0 Å². The number of amides is 1. The van der Waals surface area contributed by atoms with Gasteiger partial charge in [-0.05, 0) is 0 Å². The lowest BCUT2D eigenvalue weighted by molar-refractivity contribution is -0.126. The van der Waals surface area contributed by atoms with Gasteiger partial charge in [-0.1, -0.05) is 0 Å². The van der Waals surface area contributed by atoms with E-state index in [1.54, 1.807) is 7.05 Å². The average molecular weight is 192 g/mol. The highest BCUT2D eigenvalue weighted by Crippen LogP contribution is 2.16. The van der Waals surface area contributed by atoms with Crippen LogP contribution < -0.4 is 5.14 Å². The van der Waals surface area contributed by atoms with Gasteiger partial charge in [-0.25, -0.2) is 13.6 Å². The Kier molecular flexibility index (Phi) is 2.39. The summed E-state index contributed by atoms with van der Waals surface area (Å²) >= 11 is 0. The van der Waals surface area contributed by atoms with Gasteiger partial charge in [-0.2, -0.15) is 0 Å². The summed E-state index contributed by atoms with van der Waals surface area (Å²) in [5.74, 6) is -0.232. The Hall–Kier alpha value is -0.620. The third kappa shape index (κ3) is 2.46. The minimum absolute atomic E-state index is 0.0105. The molecular weight excluding hydrogens is 180 g/mol. The van der Waals surface area contributed by atoms with Gasteiger partial charge in [-0.3, -0.25) is 4.79 Å². The van der Waals surface area contributed by atoms with Crippen LogP contribution >= 0.6 is 0 Å². The normalized spacial score (nSPS) is 25.0. The number of rotatable bonds is 2. The highest BCUT2D eigenvalue weighted by molar-refractivity contribution is 7.89. The summed E-state index contributed by atoms with van der Waals surface area (Å²) in [6.45, 7) is 0.495. The van der Waals surface area contributed by atoms with E-state index < -0.39 is 10.0 Å². The molecule has 70 valence electrons. The molecule has 0 bridgehead atoms. The summed E-state index contributed by atoms with van der Waals surface area (Å²) in [6, 6.07) is 0. The summed E-state index contributed by atoms with van der Waals surface area (Å²) < 4.78 is 21.3. The molecule has 0 radical (unpaired) electrons. The van der Waals surface area contributed by atoms with Crippen LogP contribution in [0.2, 0.25) is 0 Å². The predicted molar refractivity (Wildman–Crippen MR) is 43.7 cm³/mol. The van der Waals surface area contributed by atoms with Gasteiger partial charge in [0.25, 0.3) is 0 Å². The quantitative estimate of drug-likeness (QED) is 0.593. The van der Waals surface area contributed by atoms with Gasteiger partial charge in [0, 0.05) is 25.9 Å². The summed E-state index contributed by atoms with van der Waals surface area (Å²) in [5, 5.41) is 4.85. The topological polar surface area (TPSA) is 80.5 Å². The summed E-state index contributed by atoms with van der Waals surface area (Å²) in [6.07, 6.45) is 0.299. The van der Waals surface area contributed by atoms with Crippen LogP contribution in [-0.2, 0) is 14.8 Å². The Labute approximate surface area is 71.6 Å². The molecule has 1 heterocycles. The molecule has 2 N–H and O–H groups in total. The van der Waals surface area contributed by atoms with E-state index in [2.05, 4.69) is 0 Å². The molecule has 1 unspecified atom stereocenters. The Balaban J connectivity index is 2.54. The second kappa shape index (κ2) is 3.02. The third-order valence-electron chi connectivity index (χ3n) is 1.89. The van der Waals surface area contributed by atoms with Crippen molar-refractivity contribution in [3.05, 3.63) is 0 Å². The fraction of sp³-hybridized carbons (Fsp3) is 0.833. The van der Waals surface area contributed by atoms with Crippen molar-refractivity contribution in [3.63, 3.8) is 0 Å². The van der Waals surface area contributed by atoms with Gasteiger partial charge < -0.3 is 4.90 Å². The van der Waals surface area contributed by atoms with E-state index in [1.165, 1.54) is 4.90 Å². The maximum atomic E-state index is 11.0. The molecule has 0 aromatic heterocycles. The lowest BCUT2D eigenvalue weighted by Gasteiger charge is -2.08. The van der Waals surface area contributed by atoms with E-state index in [4.69, 9.17) is 5.14 Å². The lowest BCUT2D eigenvalue weighted by atomic mass is 10.1. The highest BCUT2D eigenvalue weighted by atomic mass is 32.2. The zero-order chi connectivity index (χ0) is 9.35. The van der Waals surface area contributed by atoms with E-state index in [9.17, 15) is 13.2 Å². The van der Waals surface area contributed by atoms with Crippen molar-refractivity contribution >= 4 is 15.9 Å². The number of sulfonamides is 1. The van der Waals surface area contributed by atoms with Crippen molar-refractivity contribution in [2.75, 3.05) is 19.3 Å². The molecule has 1 saturated heterocycles. The first-order chi connectivity index (χ1) is 5.38. The first-order valence-corrected chi connectivity index (χ1v) is 5.34. The van der Waals surface area contributed by atoms with Crippen LogP contribution in [0.3, 0.4) is 0 Å². The van der Waals surface area contributed by atoms with Crippen LogP contribution in [0, 0.1) is 5.92 Å². The van der Waals surface area contributed by atoms with E-state index in [-0.39, 0.29) is 17.6 Å². The molecule has 1 rings (SSSR count). The summed E-state index contributed by atoms with van der Waals surface area (Å²) in [5.41, 5.74) is 0. The van der Waals surface area contributed by atoms with Gasteiger partial charge in [0.2, 0.25) is 15.9 Å². The second-order valence-electron chi connectivity index (χ2n) is 3.17. The van der Waals surface area contributed by atoms with Crippen LogP contribution in [0.25, 0.3) is 0 Å². The Morgan fingerprint density at radius 3 is 2.58 bits per heavy atom. The van der Waals surface area contributed by atoms with Crippen molar-refractivity contribution in [1.29, 1.82) is 0 Å². The standard InChI is InChI=1S/C6H12N2O3S/c1-8-3-5(2-6(8)9)4-12(7,10)11/h5H,2-4H2,1H3,(H2,7,10,11). The van der Waals surface area contributed by atoms with Crippen molar-refractivity contribution < 1.29 is 13.2 Å². The summed E-state index contributed by atoms with van der Waals surface area (Å²) in [4.78, 5) is 12.5. The number of carbonyl (C=O) groups is 1. The van der Waals surface area contributed by atoms with Gasteiger partial charge >= 0.3 is 0 Å². The molecule has 1 atom stereocenters. The molecule has 6 heteroatoms. The molecule has 0 spiro atoms. The first kappa shape index (κ1) is 9.47. The van der Waals surface area contributed by atoms with Crippen LogP contribution in [0.1, 0.15) is 6.42 Å². The molecular formula is C6H12N2O3S. The second-order valence-corrected chi connectivity index (χ2v) is 4.83. The molecule has 5 nitrogen and oxygen atoms in total. The number of carbonyl (C=O) groups excluding carboxylic acids is 1. The Bertz CT molecular complexity index is 285. The number of nitrogens with zero attached hydrogens (tertiary/aromatic N) is 1. The number of nitrogens with two attached hydrogens (primary N) is 1. The van der Waals surface area contributed by atoms with Crippen LogP contribution in [-0.4, -0.2) is 38.6 Å². The molecule has 0 aliphatic carbocycles. The number of primary sulfonamides is 1. The molecule has 1 aliphatic heterocycles. The minimum Gasteiger partial charge on any atom is -0.345 e. The molecule has 0 aromatic rings.